The molecule has 5 rings (SSSR count). The number of ether oxygens (including phenoxy) is 3. The van der Waals surface area contributed by atoms with Crippen LogP contribution < -0.4 is 19.8 Å². The summed E-state index contributed by atoms with van der Waals surface area (Å²) in [6, 6.07) is 18.3. The Morgan fingerprint density at radius 1 is 0.956 bits per heavy atom. The molecule has 4 aromatic carbocycles. The van der Waals surface area contributed by atoms with Gasteiger partial charge in [0.15, 0.2) is 17.3 Å². The summed E-state index contributed by atoms with van der Waals surface area (Å²) < 4.78 is 20.1. The second-order valence-corrected chi connectivity index (χ2v) is 12.9. The van der Waals surface area contributed by atoms with Crippen molar-refractivity contribution >= 4 is 72.2 Å². The molecule has 0 aliphatic carbocycles. The maximum atomic E-state index is 13.9. The van der Waals surface area contributed by atoms with Crippen LogP contribution in [0.5, 0.6) is 17.2 Å². The topological polar surface area (TPSA) is 74.9 Å². The molecule has 0 bridgehead atoms. The van der Waals surface area contributed by atoms with E-state index in [-0.39, 0.29) is 18.1 Å². The van der Waals surface area contributed by atoms with Gasteiger partial charge in [-0.2, -0.15) is 9.78 Å². The summed E-state index contributed by atoms with van der Waals surface area (Å²) in [6.07, 6.45) is 1.59. The number of hydrogen-bond donors (Lipinski definition) is 0. The van der Waals surface area contributed by atoms with Gasteiger partial charge in [0.05, 0.1) is 45.9 Å². The number of benzene rings is 4. The third kappa shape index (κ3) is 6.77. The van der Waals surface area contributed by atoms with Crippen LogP contribution in [0.1, 0.15) is 42.0 Å². The molecule has 0 aliphatic rings. The Balaban J connectivity index is 1.61. The van der Waals surface area contributed by atoms with Crippen LogP contribution in [0.15, 0.2) is 79.5 Å². The lowest BCUT2D eigenvalue weighted by Gasteiger charge is -2.18. The summed E-state index contributed by atoms with van der Waals surface area (Å²) in [6.45, 7) is 6.38. The number of aryl methyl sites for hydroxylation is 1. The zero-order valence-corrected chi connectivity index (χ0v) is 29.8. The lowest BCUT2D eigenvalue weighted by atomic mass is 9.96. The van der Waals surface area contributed by atoms with Crippen molar-refractivity contribution in [1.82, 2.24) is 9.66 Å². The highest BCUT2D eigenvalue weighted by molar-refractivity contribution is 9.13. The van der Waals surface area contributed by atoms with Crippen molar-refractivity contribution in [3.63, 3.8) is 0 Å². The van der Waals surface area contributed by atoms with Gasteiger partial charge in [-0.15, -0.1) is 0 Å². The molecule has 0 aliphatic heterocycles. The molecule has 0 fully saturated rings. The smallest absolute Gasteiger partial charge is 0.282 e. The lowest BCUT2D eigenvalue weighted by molar-refractivity contribution is 0.282. The zero-order chi connectivity index (χ0) is 32.4. The van der Waals surface area contributed by atoms with Gasteiger partial charge in [0.2, 0.25) is 0 Å². The molecule has 0 amide bonds. The van der Waals surface area contributed by atoms with Crippen LogP contribution in [0.3, 0.4) is 0 Å². The average molecular weight is 774 g/mol. The summed E-state index contributed by atoms with van der Waals surface area (Å²) in [7, 11) is 3.21. The number of rotatable bonds is 9. The van der Waals surface area contributed by atoms with Gasteiger partial charge in [0, 0.05) is 15.6 Å². The molecule has 7 nitrogen and oxygen atoms in total. The monoisotopic (exact) mass is 771 g/mol. The fourth-order valence-electron chi connectivity index (χ4n) is 4.86. The van der Waals surface area contributed by atoms with Crippen molar-refractivity contribution in [2.24, 2.45) is 5.10 Å². The second-order valence-electron chi connectivity index (χ2n) is 10.5. The minimum atomic E-state index is -0.295. The van der Waals surface area contributed by atoms with E-state index in [1.54, 1.807) is 44.7 Å². The third-order valence-corrected chi connectivity index (χ3v) is 10.1. The van der Waals surface area contributed by atoms with Crippen LogP contribution in [0.4, 0.5) is 0 Å². The van der Waals surface area contributed by atoms with Gasteiger partial charge in [0.1, 0.15) is 12.4 Å². The first-order chi connectivity index (χ1) is 21.5. The van der Waals surface area contributed by atoms with Crippen molar-refractivity contribution in [2.75, 3.05) is 14.2 Å². The predicted octanol–water partition coefficient (Wildman–Crippen LogP) is 9.81. The van der Waals surface area contributed by atoms with Crippen molar-refractivity contribution < 1.29 is 14.2 Å². The van der Waals surface area contributed by atoms with Gasteiger partial charge in [0.25, 0.3) is 5.56 Å². The van der Waals surface area contributed by atoms with E-state index < -0.39 is 0 Å². The average Bonchev–Trinajstić information content (AvgIpc) is 3.03. The first-order valence-corrected chi connectivity index (χ1v) is 16.3. The lowest BCUT2D eigenvalue weighted by Crippen LogP contribution is -2.21. The molecule has 11 heteroatoms. The first kappa shape index (κ1) is 33.0. The minimum Gasteiger partial charge on any atom is -0.496 e. The standard InChI is InChI=1S/C34H29Br2Cl2N3O4/c1-18(2)23-15-24(19(3)12-28(23)43-4)33-40-27-9-7-6-8-22(27)34(42)41(33)39-16-21-14-29(44-5)32(31(36)30(21)35)45-17-20-10-11-25(37)26(38)13-20/h6-16,18H,17H2,1-5H3. The Morgan fingerprint density at radius 3 is 2.38 bits per heavy atom. The highest BCUT2D eigenvalue weighted by Crippen LogP contribution is 2.43. The van der Waals surface area contributed by atoms with Crippen LogP contribution in [0.25, 0.3) is 22.3 Å². The largest absolute Gasteiger partial charge is 0.496 e. The van der Waals surface area contributed by atoms with Gasteiger partial charge in [-0.05, 0) is 104 Å². The number of halogens is 4. The third-order valence-electron chi connectivity index (χ3n) is 7.25. The number of para-hydroxylation sites is 1. The Bertz CT molecular complexity index is 2010. The van der Waals surface area contributed by atoms with E-state index in [1.807, 2.05) is 43.3 Å². The van der Waals surface area contributed by atoms with E-state index in [0.29, 0.717) is 52.8 Å². The number of hydrogen-bond acceptors (Lipinski definition) is 6. The number of fused-ring (bicyclic) bond motifs is 1. The maximum absolute atomic E-state index is 13.9. The van der Waals surface area contributed by atoms with E-state index in [4.69, 9.17) is 47.5 Å². The molecule has 0 radical (unpaired) electrons. The quantitative estimate of drug-likeness (QED) is 0.140. The summed E-state index contributed by atoms with van der Waals surface area (Å²) >= 11 is 19.5. The Hall–Kier alpha value is -3.37. The molecule has 1 aromatic heterocycles. The Kier molecular flexibility index (Phi) is 10.2. The second kappa shape index (κ2) is 14.0. The van der Waals surface area contributed by atoms with Crippen LogP contribution in [-0.2, 0) is 6.61 Å². The van der Waals surface area contributed by atoms with Crippen molar-refractivity contribution in [3.8, 4) is 28.6 Å². The first-order valence-electron chi connectivity index (χ1n) is 13.9. The Morgan fingerprint density at radius 2 is 1.69 bits per heavy atom. The molecule has 0 atom stereocenters. The van der Waals surface area contributed by atoms with E-state index in [0.717, 1.165) is 28.0 Å². The maximum Gasteiger partial charge on any atom is 0.282 e. The molecule has 0 saturated heterocycles. The van der Waals surface area contributed by atoms with E-state index in [2.05, 4.69) is 45.7 Å². The molecule has 0 saturated carbocycles. The van der Waals surface area contributed by atoms with Gasteiger partial charge in [-0.25, -0.2) is 4.98 Å². The molecule has 232 valence electrons. The summed E-state index contributed by atoms with van der Waals surface area (Å²) in [5.41, 5.74) is 4.45. The molecule has 0 spiro atoms. The molecule has 0 unspecified atom stereocenters. The van der Waals surface area contributed by atoms with E-state index in [9.17, 15) is 4.79 Å². The fourth-order valence-corrected chi connectivity index (χ4v) is 6.12. The fraction of sp³-hybridized carbons (Fsp3) is 0.206. The number of methoxy groups -OCH3 is 2. The molecule has 5 aromatic rings. The number of aromatic nitrogens is 2. The van der Waals surface area contributed by atoms with Gasteiger partial charge in [-0.3, -0.25) is 4.79 Å². The minimum absolute atomic E-state index is 0.182. The Labute approximate surface area is 288 Å². The summed E-state index contributed by atoms with van der Waals surface area (Å²) in [5, 5.41) is 6.06. The van der Waals surface area contributed by atoms with Crippen molar-refractivity contribution in [3.05, 3.63) is 112 Å². The normalized spacial score (nSPS) is 11.5. The highest BCUT2D eigenvalue weighted by Gasteiger charge is 2.20. The van der Waals surface area contributed by atoms with Crippen LogP contribution in [0, 0.1) is 6.92 Å². The van der Waals surface area contributed by atoms with Crippen LogP contribution in [-0.4, -0.2) is 30.1 Å². The zero-order valence-electron chi connectivity index (χ0n) is 25.1. The summed E-state index contributed by atoms with van der Waals surface area (Å²) in [5.74, 6) is 2.32. The molecular weight excluding hydrogens is 745 g/mol. The molecule has 0 N–H and O–H groups in total. The molecular formula is C34H29Br2Cl2N3O4. The van der Waals surface area contributed by atoms with E-state index >= 15 is 0 Å². The number of nitrogens with zero attached hydrogens (tertiary/aromatic N) is 3. The van der Waals surface area contributed by atoms with Crippen LogP contribution in [0.2, 0.25) is 10.0 Å². The van der Waals surface area contributed by atoms with E-state index in [1.165, 1.54) is 4.68 Å². The van der Waals surface area contributed by atoms with Crippen molar-refractivity contribution in [1.29, 1.82) is 0 Å². The van der Waals surface area contributed by atoms with Gasteiger partial charge >= 0.3 is 0 Å². The van der Waals surface area contributed by atoms with Crippen LogP contribution >= 0.6 is 55.1 Å². The SMILES string of the molecule is COc1cc(C)c(-c2nc3ccccc3c(=O)n2N=Cc2cc(OC)c(OCc3ccc(Cl)c(Cl)c3)c(Br)c2Br)cc1C(C)C. The molecule has 1 heterocycles. The predicted molar refractivity (Wildman–Crippen MR) is 189 cm³/mol. The van der Waals surface area contributed by atoms with Gasteiger partial charge < -0.3 is 14.2 Å². The molecule has 45 heavy (non-hydrogen) atoms. The highest BCUT2D eigenvalue weighted by atomic mass is 79.9. The van der Waals surface area contributed by atoms with Crippen molar-refractivity contribution in [2.45, 2.75) is 33.3 Å². The summed E-state index contributed by atoms with van der Waals surface area (Å²) in [4.78, 5) is 18.8. The van der Waals surface area contributed by atoms with Gasteiger partial charge in [-0.1, -0.05) is 55.2 Å².